The molecule has 1 aromatic rings. The Morgan fingerprint density at radius 1 is 1.64 bits per heavy atom. The normalized spacial score (nSPS) is 20.7. The molecule has 0 saturated carbocycles. The van der Waals surface area contributed by atoms with Crippen molar-refractivity contribution < 1.29 is 0 Å². The quantitative estimate of drug-likeness (QED) is 0.713. The topological polar surface area (TPSA) is 48.7 Å². The van der Waals surface area contributed by atoms with E-state index in [1.54, 1.807) is 6.20 Å². The highest BCUT2D eigenvalue weighted by Crippen LogP contribution is 2.24. The van der Waals surface area contributed by atoms with E-state index in [0.29, 0.717) is 16.6 Å². The van der Waals surface area contributed by atoms with E-state index in [-0.39, 0.29) is 0 Å². The van der Waals surface area contributed by atoms with Crippen LogP contribution in [0.15, 0.2) is 12.3 Å². The molecular weight excluding hydrogens is 198 g/mol. The van der Waals surface area contributed by atoms with Crippen LogP contribution in [-0.2, 0) is 0 Å². The fourth-order valence-electron chi connectivity index (χ4n) is 1.71. The lowest BCUT2D eigenvalue weighted by molar-refractivity contribution is 0.758. The Balaban J connectivity index is 2.31. The van der Waals surface area contributed by atoms with Gasteiger partial charge in [0, 0.05) is 12.7 Å². The number of nitrogens with zero attached hydrogens (tertiary/aromatic N) is 2. The smallest absolute Gasteiger partial charge is 0.146 e. The highest BCUT2D eigenvalue weighted by atomic mass is 35.5. The van der Waals surface area contributed by atoms with Gasteiger partial charge in [0.25, 0.3) is 0 Å². The van der Waals surface area contributed by atoms with Crippen LogP contribution in [0.25, 0.3) is 0 Å². The molecule has 0 amide bonds. The lowest BCUT2D eigenvalue weighted by Crippen LogP contribution is -2.08. The first-order valence-electron chi connectivity index (χ1n) is 4.57. The van der Waals surface area contributed by atoms with E-state index in [0.717, 1.165) is 25.1 Å². The summed E-state index contributed by atoms with van der Waals surface area (Å²) in [7, 11) is 0. The van der Waals surface area contributed by atoms with E-state index in [9.17, 15) is 0 Å². The number of nitriles is 1. The maximum Gasteiger partial charge on any atom is 0.146 e. The van der Waals surface area contributed by atoms with Crippen LogP contribution in [0.1, 0.15) is 23.5 Å². The predicted octanol–water partition coefficient (Wildman–Crippen LogP) is 1.68. The van der Waals surface area contributed by atoms with Gasteiger partial charge in [0.1, 0.15) is 11.2 Å². The van der Waals surface area contributed by atoms with E-state index in [1.165, 1.54) is 0 Å². The van der Waals surface area contributed by atoms with E-state index in [1.807, 2.05) is 12.1 Å². The van der Waals surface area contributed by atoms with Crippen molar-refractivity contribution in [3.63, 3.8) is 0 Å². The maximum absolute atomic E-state index is 8.80. The van der Waals surface area contributed by atoms with Crippen molar-refractivity contribution in [1.29, 1.82) is 5.26 Å². The van der Waals surface area contributed by atoms with E-state index in [2.05, 4.69) is 10.3 Å². The number of hydrogen-bond donors (Lipinski definition) is 1. The minimum Gasteiger partial charge on any atom is -0.316 e. The van der Waals surface area contributed by atoms with Crippen molar-refractivity contribution in [1.82, 2.24) is 10.3 Å². The van der Waals surface area contributed by atoms with Gasteiger partial charge >= 0.3 is 0 Å². The van der Waals surface area contributed by atoms with Gasteiger partial charge in [-0.3, -0.25) is 0 Å². The van der Waals surface area contributed by atoms with E-state index >= 15 is 0 Å². The predicted molar refractivity (Wildman–Crippen MR) is 54.2 cm³/mol. The second-order valence-electron chi connectivity index (χ2n) is 3.41. The molecule has 1 unspecified atom stereocenters. The van der Waals surface area contributed by atoms with Gasteiger partial charge in [0.05, 0.1) is 5.56 Å². The Morgan fingerprint density at radius 2 is 2.50 bits per heavy atom. The molecule has 4 heteroatoms. The molecule has 1 N–H and O–H groups in total. The van der Waals surface area contributed by atoms with Crippen molar-refractivity contribution in [2.75, 3.05) is 13.1 Å². The van der Waals surface area contributed by atoms with E-state index < -0.39 is 0 Å². The lowest BCUT2D eigenvalue weighted by Gasteiger charge is -2.08. The first kappa shape index (κ1) is 9.45. The van der Waals surface area contributed by atoms with Gasteiger partial charge in [0.15, 0.2) is 0 Å². The zero-order valence-corrected chi connectivity index (χ0v) is 8.38. The Bertz CT molecular complexity index is 377. The van der Waals surface area contributed by atoms with Crippen molar-refractivity contribution in [2.24, 2.45) is 0 Å². The summed E-state index contributed by atoms with van der Waals surface area (Å²) in [5.74, 6) is 0.479. The minimum atomic E-state index is 0.294. The second-order valence-corrected chi connectivity index (χ2v) is 3.77. The van der Waals surface area contributed by atoms with Crippen molar-refractivity contribution in [2.45, 2.75) is 12.3 Å². The van der Waals surface area contributed by atoms with Crippen LogP contribution in [0.3, 0.4) is 0 Å². The molecular formula is C10H10ClN3. The SMILES string of the molecule is N#Cc1cc(C2CCNC2)cnc1Cl. The molecule has 0 aromatic carbocycles. The molecule has 0 spiro atoms. The molecule has 0 bridgehead atoms. The number of rotatable bonds is 1. The summed E-state index contributed by atoms with van der Waals surface area (Å²) in [5.41, 5.74) is 1.58. The summed E-state index contributed by atoms with van der Waals surface area (Å²) in [6.45, 7) is 2.00. The van der Waals surface area contributed by atoms with Gasteiger partial charge in [-0.25, -0.2) is 4.98 Å². The Morgan fingerprint density at radius 3 is 3.14 bits per heavy atom. The summed E-state index contributed by atoms with van der Waals surface area (Å²) >= 11 is 5.75. The third kappa shape index (κ3) is 1.72. The van der Waals surface area contributed by atoms with Gasteiger partial charge in [-0.2, -0.15) is 5.26 Å². The first-order valence-corrected chi connectivity index (χ1v) is 4.95. The number of pyridine rings is 1. The molecule has 1 aliphatic rings. The molecule has 2 heterocycles. The maximum atomic E-state index is 8.80. The number of aromatic nitrogens is 1. The Labute approximate surface area is 87.7 Å². The van der Waals surface area contributed by atoms with Gasteiger partial charge in [0.2, 0.25) is 0 Å². The van der Waals surface area contributed by atoms with Crippen LogP contribution < -0.4 is 5.32 Å². The second kappa shape index (κ2) is 3.95. The Hall–Kier alpha value is -1.11. The first-order chi connectivity index (χ1) is 6.81. The van der Waals surface area contributed by atoms with Gasteiger partial charge in [-0.15, -0.1) is 0 Å². The number of halogens is 1. The highest BCUT2D eigenvalue weighted by molar-refractivity contribution is 6.30. The monoisotopic (exact) mass is 207 g/mol. The molecule has 1 atom stereocenters. The molecule has 0 radical (unpaired) electrons. The number of nitrogens with one attached hydrogen (secondary N) is 1. The fraction of sp³-hybridized carbons (Fsp3) is 0.400. The van der Waals surface area contributed by atoms with Gasteiger partial charge in [-0.05, 0) is 30.5 Å². The largest absolute Gasteiger partial charge is 0.316 e. The average Bonchev–Trinajstić information content (AvgIpc) is 2.71. The van der Waals surface area contributed by atoms with Crippen LogP contribution >= 0.6 is 11.6 Å². The summed E-state index contributed by atoms with van der Waals surface area (Å²) in [6.07, 6.45) is 2.87. The molecule has 1 aromatic heterocycles. The third-order valence-electron chi connectivity index (χ3n) is 2.51. The van der Waals surface area contributed by atoms with Crippen molar-refractivity contribution >= 4 is 11.6 Å². The van der Waals surface area contributed by atoms with Gasteiger partial charge < -0.3 is 5.32 Å². The standard InChI is InChI=1S/C10H10ClN3/c11-10-8(4-12)3-9(6-14-10)7-1-2-13-5-7/h3,6-7,13H,1-2,5H2. The Kier molecular flexibility index (Phi) is 2.67. The van der Waals surface area contributed by atoms with Crippen LogP contribution in [0, 0.1) is 11.3 Å². The zero-order chi connectivity index (χ0) is 9.97. The van der Waals surface area contributed by atoms with E-state index in [4.69, 9.17) is 16.9 Å². The third-order valence-corrected chi connectivity index (χ3v) is 2.81. The molecule has 1 fully saturated rings. The van der Waals surface area contributed by atoms with Gasteiger partial charge in [-0.1, -0.05) is 11.6 Å². The summed E-state index contributed by atoms with van der Waals surface area (Å²) in [6, 6.07) is 3.88. The molecule has 1 aliphatic heterocycles. The van der Waals surface area contributed by atoms with Crippen LogP contribution in [0.5, 0.6) is 0 Å². The molecule has 3 nitrogen and oxygen atoms in total. The van der Waals surface area contributed by atoms with Crippen molar-refractivity contribution in [3.05, 3.63) is 28.5 Å². The van der Waals surface area contributed by atoms with Crippen LogP contribution in [0.4, 0.5) is 0 Å². The minimum absolute atomic E-state index is 0.294. The van der Waals surface area contributed by atoms with Crippen LogP contribution in [0.2, 0.25) is 5.15 Å². The highest BCUT2D eigenvalue weighted by Gasteiger charge is 2.17. The molecule has 1 saturated heterocycles. The summed E-state index contributed by atoms with van der Waals surface area (Å²) in [5, 5.41) is 12.4. The summed E-state index contributed by atoms with van der Waals surface area (Å²) < 4.78 is 0. The summed E-state index contributed by atoms with van der Waals surface area (Å²) in [4.78, 5) is 4.01. The average molecular weight is 208 g/mol. The molecule has 0 aliphatic carbocycles. The molecule has 2 rings (SSSR count). The fourth-order valence-corrected chi connectivity index (χ4v) is 1.85. The number of hydrogen-bond acceptors (Lipinski definition) is 3. The molecule has 14 heavy (non-hydrogen) atoms. The molecule has 72 valence electrons. The van der Waals surface area contributed by atoms with Crippen LogP contribution in [-0.4, -0.2) is 18.1 Å². The zero-order valence-electron chi connectivity index (χ0n) is 7.63. The lowest BCUT2D eigenvalue weighted by atomic mass is 9.99. The van der Waals surface area contributed by atoms with Crippen molar-refractivity contribution in [3.8, 4) is 6.07 Å².